The van der Waals surface area contributed by atoms with Gasteiger partial charge in [-0.25, -0.2) is 0 Å². The molecule has 4 rings (SSSR count). The number of hydrogen-bond donors (Lipinski definition) is 4. The van der Waals surface area contributed by atoms with E-state index in [1.807, 2.05) is 0 Å². The predicted molar refractivity (Wildman–Crippen MR) is 163 cm³/mol. The van der Waals surface area contributed by atoms with Crippen molar-refractivity contribution in [2.75, 3.05) is 0 Å². The standard InChI is InChI=1S/2C14H11N5O5.Cu/c2*1-7-9(6-15)13(21)18(2)14(22)12(7)17-16-10-5-8(19(23)24)3-4-11(10)20;/h2*3-5,20,22H,1-2H3;. The molecule has 49 heavy (non-hydrogen) atoms. The fourth-order valence-corrected chi connectivity index (χ4v) is 3.86. The summed E-state index contributed by atoms with van der Waals surface area (Å²) in [5.74, 6) is -1.76. The molecule has 0 aliphatic rings. The van der Waals surface area contributed by atoms with Crippen LogP contribution in [0.5, 0.6) is 23.3 Å². The average Bonchev–Trinajstić information content (AvgIpc) is 3.04. The number of aromatic nitrogens is 2. The van der Waals surface area contributed by atoms with Gasteiger partial charge < -0.3 is 20.4 Å². The normalized spacial score (nSPS) is 10.5. The van der Waals surface area contributed by atoms with Gasteiger partial charge in [-0.15, -0.1) is 20.5 Å². The van der Waals surface area contributed by atoms with Crippen LogP contribution in [0, 0.1) is 56.7 Å². The van der Waals surface area contributed by atoms with E-state index in [4.69, 9.17) is 10.5 Å². The summed E-state index contributed by atoms with van der Waals surface area (Å²) in [7, 11) is 2.50. The first-order valence-corrected chi connectivity index (χ1v) is 13.0. The number of phenols is 2. The molecule has 0 atom stereocenters. The summed E-state index contributed by atoms with van der Waals surface area (Å²) in [6.07, 6.45) is 0. The summed E-state index contributed by atoms with van der Waals surface area (Å²) in [6.45, 7) is 2.81. The van der Waals surface area contributed by atoms with Crippen molar-refractivity contribution in [3.63, 3.8) is 0 Å². The molecule has 0 aliphatic carbocycles. The van der Waals surface area contributed by atoms with E-state index in [0.29, 0.717) is 0 Å². The van der Waals surface area contributed by atoms with Crippen molar-refractivity contribution in [1.29, 1.82) is 10.5 Å². The second-order valence-corrected chi connectivity index (χ2v) is 9.56. The Morgan fingerprint density at radius 2 is 1.00 bits per heavy atom. The Hall–Kier alpha value is -6.96. The van der Waals surface area contributed by atoms with Crippen LogP contribution in [0.1, 0.15) is 22.3 Å². The number of aromatic hydroxyl groups is 4. The fourth-order valence-electron chi connectivity index (χ4n) is 3.86. The van der Waals surface area contributed by atoms with Crippen molar-refractivity contribution in [2.45, 2.75) is 13.8 Å². The molecule has 0 amide bonds. The Bertz CT molecular complexity index is 2110. The summed E-state index contributed by atoms with van der Waals surface area (Å²) in [4.78, 5) is 43.8. The molecule has 0 saturated heterocycles. The topological polar surface area (TPSA) is 308 Å². The van der Waals surface area contributed by atoms with Crippen LogP contribution in [0.25, 0.3) is 0 Å². The second kappa shape index (κ2) is 15.6. The van der Waals surface area contributed by atoms with Crippen LogP contribution >= 0.6 is 0 Å². The molecule has 4 N–H and O–H groups in total. The van der Waals surface area contributed by atoms with E-state index < -0.39 is 32.7 Å². The number of benzene rings is 2. The van der Waals surface area contributed by atoms with Gasteiger partial charge in [-0.3, -0.25) is 39.0 Å². The number of nitro benzene ring substituents is 2. The molecule has 0 spiro atoms. The minimum absolute atomic E-state index is 0. The number of nitrogens with zero attached hydrogens (tertiary/aromatic N) is 10. The molecular formula is C28H22CuN10O10. The fraction of sp³-hybridized carbons (Fsp3) is 0.143. The number of azo groups is 2. The third kappa shape index (κ3) is 7.89. The Kier molecular flexibility index (Phi) is 12.1. The molecule has 0 saturated carbocycles. The van der Waals surface area contributed by atoms with E-state index in [1.54, 1.807) is 12.1 Å². The van der Waals surface area contributed by atoms with Crippen molar-refractivity contribution in [1.82, 2.24) is 9.13 Å². The maximum absolute atomic E-state index is 11.8. The van der Waals surface area contributed by atoms with Gasteiger partial charge in [0.2, 0.25) is 11.8 Å². The van der Waals surface area contributed by atoms with E-state index in [1.165, 1.54) is 27.9 Å². The minimum Gasteiger partial charge on any atom is -0.506 e. The van der Waals surface area contributed by atoms with Gasteiger partial charge in [0.05, 0.1) is 9.85 Å². The Balaban J connectivity index is 0.000000333. The van der Waals surface area contributed by atoms with Crippen LogP contribution in [-0.4, -0.2) is 39.4 Å². The Labute approximate surface area is 284 Å². The summed E-state index contributed by atoms with van der Waals surface area (Å²) in [5.41, 5.74) is -2.92. The number of phenolic OH excluding ortho intramolecular Hbond substituents is 2. The van der Waals surface area contributed by atoms with Gasteiger partial charge in [0, 0.05) is 66.6 Å². The Morgan fingerprint density at radius 1 is 0.673 bits per heavy atom. The zero-order valence-electron chi connectivity index (χ0n) is 25.5. The van der Waals surface area contributed by atoms with Crippen LogP contribution in [0.15, 0.2) is 66.4 Å². The van der Waals surface area contributed by atoms with E-state index in [2.05, 4.69) is 20.5 Å². The smallest absolute Gasteiger partial charge is 0.271 e. The van der Waals surface area contributed by atoms with E-state index >= 15 is 0 Å². The maximum atomic E-state index is 11.8. The van der Waals surface area contributed by atoms with Crippen LogP contribution in [0.3, 0.4) is 0 Å². The third-order valence-electron chi connectivity index (χ3n) is 6.64. The molecule has 21 heteroatoms. The summed E-state index contributed by atoms with van der Waals surface area (Å²) < 4.78 is 1.65. The number of nitro groups is 2. The van der Waals surface area contributed by atoms with E-state index in [0.717, 1.165) is 45.5 Å². The molecule has 2 aromatic carbocycles. The zero-order chi connectivity index (χ0) is 36.0. The zero-order valence-corrected chi connectivity index (χ0v) is 26.4. The van der Waals surface area contributed by atoms with Crippen LogP contribution in [-0.2, 0) is 31.2 Å². The SMILES string of the molecule is Cc1c(N=Nc2cc([N+](=O)[O-])ccc2O)c(O)n(C)c(=O)c1C#N.Cc1c(N=Nc2cc([N+](=O)[O-])ccc2O)c(O)n(C)c(=O)c1C#N.[Cu]. The summed E-state index contributed by atoms with van der Waals surface area (Å²) in [5, 5.41) is 93.7. The van der Waals surface area contributed by atoms with Gasteiger partial charge in [0.15, 0.2) is 11.4 Å². The van der Waals surface area contributed by atoms with Gasteiger partial charge in [-0.2, -0.15) is 10.5 Å². The van der Waals surface area contributed by atoms with E-state index in [-0.39, 0.29) is 84.9 Å². The molecule has 255 valence electrons. The first-order valence-electron chi connectivity index (χ1n) is 13.0. The van der Waals surface area contributed by atoms with Crippen LogP contribution in [0.4, 0.5) is 34.1 Å². The molecule has 20 nitrogen and oxygen atoms in total. The number of rotatable bonds is 6. The van der Waals surface area contributed by atoms with Crippen molar-refractivity contribution in [3.05, 3.63) is 99.6 Å². The molecule has 0 aliphatic heterocycles. The third-order valence-corrected chi connectivity index (χ3v) is 6.64. The Morgan fingerprint density at radius 3 is 1.29 bits per heavy atom. The second-order valence-electron chi connectivity index (χ2n) is 9.56. The molecule has 2 aromatic heterocycles. The number of nitriles is 2. The van der Waals surface area contributed by atoms with Gasteiger partial charge in [0.1, 0.15) is 46.1 Å². The molecule has 2 heterocycles. The predicted octanol–water partition coefficient (Wildman–Crippen LogP) is 4.60. The van der Waals surface area contributed by atoms with Crippen molar-refractivity contribution in [2.24, 2.45) is 34.6 Å². The van der Waals surface area contributed by atoms with Gasteiger partial charge >= 0.3 is 0 Å². The van der Waals surface area contributed by atoms with Gasteiger partial charge in [0.25, 0.3) is 22.5 Å². The van der Waals surface area contributed by atoms with E-state index in [9.17, 15) is 50.2 Å². The van der Waals surface area contributed by atoms with Crippen LogP contribution in [0.2, 0.25) is 0 Å². The molecule has 0 unspecified atom stereocenters. The first kappa shape index (κ1) is 38.2. The maximum Gasteiger partial charge on any atom is 0.271 e. The molecule has 0 bridgehead atoms. The van der Waals surface area contributed by atoms with Crippen molar-refractivity contribution >= 4 is 34.1 Å². The molecular weight excluding hydrogens is 700 g/mol. The number of hydrogen-bond acceptors (Lipinski definition) is 16. The largest absolute Gasteiger partial charge is 0.506 e. The van der Waals surface area contributed by atoms with Gasteiger partial charge in [-0.05, 0) is 26.0 Å². The average molecular weight is 722 g/mol. The minimum atomic E-state index is -0.690. The summed E-state index contributed by atoms with van der Waals surface area (Å²) in [6, 6.07) is 9.79. The molecule has 0 fully saturated rings. The van der Waals surface area contributed by atoms with Crippen molar-refractivity contribution < 1.29 is 47.3 Å². The summed E-state index contributed by atoms with van der Waals surface area (Å²) >= 11 is 0. The number of non-ortho nitro benzene ring substituents is 2. The quantitative estimate of drug-likeness (QED) is 0.0919. The first-order chi connectivity index (χ1) is 22.5. The van der Waals surface area contributed by atoms with Crippen LogP contribution < -0.4 is 11.1 Å². The molecule has 4 aromatic rings. The van der Waals surface area contributed by atoms with Crippen molar-refractivity contribution in [3.8, 4) is 35.4 Å². The van der Waals surface area contributed by atoms with Gasteiger partial charge in [-0.1, -0.05) is 0 Å². The molecule has 1 radical (unpaired) electrons. The number of pyridine rings is 2. The monoisotopic (exact) mass is 721 g/mol.